The van der Waals surface area contributed by atoms with E-state index in [1.165, 1.54) is 42.9 Å². The fraction of sp³-hybridized carbons (Fsp3) is 0.487. The Morgan fingerprint density at radius 3 is 2.12 bits per heavy atom. The van der Waals surface area contributed by atoms with Crippen molar-refractivity contribution in [1.82, 2.24) is 5.32 Å². The molecule has 0 aromatic heterocycles. The van der Waals surface area contributed by atoms with Gasteiger partial charge in [0.15, 0.2) is 0 Å². The van der Waals surface area contributed by atoms with Crippen molar-refractivity contribution in [2.24, 2.45) is 10.9 Å². The van der Waals surface area contributed by atoms with Gasteiger partial charge in [0.2, 0.25) is 0 Å². The molecule has 0 radical (unpaired) electrons. The lowest BCUT2D eigenvalue weighted by Gasteiger charge is -2.11. The molecule has 1 aromatic rings. The molecule has 0 spiro atoms. The maximum atomic E-state index is 10.3. The van der Waals surface area contributed by atoms with Crippen LogP contribution in [-0.4, -0.2) is 17.2 Å². The van der Waals surface area contributed by atoms with Gasteiger partial charge < -0.3 is 15.2 Å². The van der Waals surface area contributed by atoms with Crippen LogP contribution >= 0.6 is 0 Å². The van der Waals surface area contributed by atoms with Crippen LogP contribution in [0.1, 0.15) is 127 Å². The minimum atomic E-state index is 0.302. The lowest BCUT2D eigenvalue weighted by Crippen LogP contribution is -2.21. The molecule has 43 heavy (non-hydrogen) atoms. The second-order valence-corrected chi connectivity index (χ2v) is 10.1. The Labute approximate surface area is 266 Å². The molecule has 0 aliphatic carbocycles. The number of phenols is 1. The van der Waals surface area contributed by atoms with Gasteiger partial charge in [0.25, 0.3) is 0 Å². The number of allylic oxidation sites excluding steroid dienone is 8. The zero-order valence-corrected chi connectivity index (χ0v) is 30.1. The van der Waals surface area contributed by atoms with Gasteiger partial charge in [0, 0.05) is 23.9 Å². The molecule has 2 rings (SSSR count). The summed E-state index contributed by atoms with van der Waals surface area (Å²) < 4.78 is 0. The second kappa shape index (κ2) is 27.4. The highest BCUT2D eigenvalue weighted by Crippen LogP contribution is 2.31. The lowest BCUT2D eigenvalue weighted by atomic mass is 9.95. The lowest BCUT2D eigenvalue weighted by molar-refractivity contribution is -0.106. The second-order valence-electron chi connectivity index (χ2n) is 10.1. The fourth-order valence-corrected chi connectivity index (χ4v) is 3.86. The van der Waals surface area contributed by atoms with Gasteiger partial charge >= 0.3 is 0 Å². The molecule has 1 heterocycles. The Bertz CT molecular complexity index is 1110. The summed E-state index contributed by atoms with van der Waals surface area (Å²) in [6.07, 6.45) is 15.6. The molecule has 1 atom stereocenters. The SMILES string of the molecule is C=C(/C=C\C(C)=C/C)NC1=NC=C(/C=C(\C)c2c(C)cccc2O)C(C)=C(C)C1.CC.CC.CC=O.CCCC(C)CC. The van der Waals surface area contributed by atoms with Crippen molar-refractivity contribution < 1.29 is 9.90 Å². The number of aliphatic imine (C=N–C) groups is 1. The Balaban J connectivity index is -0.000000963. The Hall–Kier alpha value is -3.40. The van der Waals surface area contributed by atoms with E-state index in [1.807, 2.05) is 79.0 Å². The quantitative estimate of drug-likeness (QED) is 0.233. The molecule has 2 N–H and O–H groups in total. The molecule has 242 valence electrons. The van der Waals surface area contributed by atoms with Crippen molar-refractivity contribution in [2.45, 2.75) is 123 Å². The molecule has 0 saturated heterocycles. The highest BCUT2D eigenvalue weighted by Gasteiger charge is 2.12. The van der Waals surface area contributed by atoms with Gasteiger partial charge in [-0.05, 0) is 94.9 Å². The number of aromatic hydroxyl groups is 1. The average Bonchev–Trinajstić information content (AvgIpc) is 3.12. The van der Waals surface area contributed by atoms with Gasteiger partial charge in [-0.3, -0.25) is 0 Å². The smallest absolute Gasteiger partial charge is 0.123 e. The summed E-state index contributed by atoms with van der Waals surface area (Å²) >= 11 is 0. The standard InChI is InChI=1S/C26H32N2O.C7H16.C2H4O.2C2H6/c1-8-17(2)12-13-21(6)28-25-15-19(4)22(7)23(16-27-25)14-20(5)26-18(3)10-9-11-24(26)29;1-4-6-7(3)5-2;1-2-3;2*1-2/h8-14,16,29H,6,15H2,1-5,7H3,(H,27,28);7H,4-6H2,1-3H3;2H,1H3;2*1-2H3/b13-12-,17-8-,20-14+;;;;. The number of carbonyl (C=O) groups is 1. The molecule has 0 fully saturated rings. The third-order valence-electron chi connectivity index (χ3n) is 6.67. The molecule has 0 saturated carbocycles. The first kappa shape index (κ1) is 44.0. The van der Waals surface area contributed by atoms with Gasteiger partial charge in [-0.25, -0.2) is 4.99 Å². The van der Waals surface area contributed by atoms with E-state index in [4.69, 9.17) is 4.79 Å². The van der Waals surface area contributed by atoms with Crippen molar-refractivity contribution in [3.05, 3.63) is 94.4 Å². The summed E-state index contributed by atoms with van der Waals surface area (Å²) in [6, 6.07) is 5.60. The van der Waals surface area contributed by atoms with E-state index in [2.05, 4.69) is 70.6 Å². The summed E-state index contributed by atoms with van der Waals surface area (Å²) in [5.41, 5.74) is 8.43. The number of aryl methyl sites for hydroxylation is 1. The van der Waals surface area contributed by atoms with E-state index in [0.29, 0.717) is 5.75 Å². The maximum Gasteiger partial charge on any atom is 0.123 e. The third kappa shape index (κ3) is 19.4. The van der Waals surface area contributed by atoms with E-state index in [9.17, 15) is 5.11 Å². The van der Waals surface area contributed by atoms with Crippen LogP contribution in [-0.2, 0) is 4.79 Å². The van der Waals surface area contributed by atoms with Gasteiger partial charge in [-0.15, -0.1) is 0 Å². The van der Waals surface area contributed by atoms with Gasteiger partial charge in [0.1, 0.15) is 17.9 Å². The minimum Gasteiger partial charge on any atom is -0.507 e. The third-order valence-corrected chi connectivity index (χ3v) is 6.67. The average molecular weight is 593 g/mol. The maximum absolute atomic E-state index is 10.3. The number of nitrogens with one attached hydrogen (secondary N) is 1. The van der Waals surface area contributed by atoms with Crippen LogP contribution in [0.5, 0.6) is 5.75 Å². The summed E-state index contributed by atoms with van der Waals surface area (Å²) in [4.78, 5) is 13.5. The van der Waals surface area contributed by atoms with Gasteiger partial charge in [-0.1, -0.05) is 110 Å². The number of benzene rings is 1. The summed E-state index contributed by atoms with van der Waals surface area (Å²) in [6.45, 7) is 32.7. The van der Waals surface area contributed by atoms with Gasteiger partial charge in [-0.2, -0.15) is 0 Å². The normalized spacial score (nSPS) is 13.6. The topological polar surface area (TPSA) is 61.7 Å². The number of hydrogen-bond acceptors (Lipinski definition) is 4. The van der Waals surface area contributed by atoms with Crippen LogP contribution < -0.4 is 5.32 Å². The zero-order chi connectivity index (χ0) is 34.0. The van der Waals surface area contributed by atoms with Crippen molar-refractivity contribution in [2.75, 3.05) is 0 Å². The summed E-state index contributed by atoms with van der Waals surface area (Å²) in [5, 5.41) is 13.6. The van der Waals surface area contributed by atoms with Crippen LogP contribution in [0.4, 0.5) is 0 Å². The van der Waals surface area contributed by atoms with E-state index < -0.39 is 0 Å². The molecule has 1 aliphatic heterocycles. The van der Waals surface area contributed by atoms with Gasteiger partial charge in [0.05, 0.1) is 0 Å². The molecule has 1 aliphatic rings. The summed E-state index contributed by atoms with van der Waals surface area (Å²) in [5.74, 6) is 2.12. The Morgan fingerprint density at radius 1 is 1.07 bits per heavy atom. The Kier molecular flexibility index (Phi) is 28.1. The highest BCUT2D eigenvalue weighted by atomic mass is 16.3. The number of carbonyl (C=O) groups excluding carboxylic acids is 1. The number of aldehydes is 1. The monoisotopic (exact) mass is 592 g/mol. The fourth-order valence-electron chi connectivity index (χ4n) is 3.86. The molecular weight excluding hydrogens is 528 g/mol. The predicted molar refractivity (Wildman–Crippen MR) is 195 cm³/mol. The van der Waals surface area contributed by atoms with Crippen LogP contribution in [0.15, 0.2) is 88.3 Å². The Morgan fingerprint density at radius 2 is 1.65 bits per heavy atom. The van der Waals surface area contributed by atoms with E-state index in [-0.39, 0.29) is 0 Å². The first-order valence-electron chi connectivity index (χ1n) is 16.0. The van der Waals surface area contributed by atoms with Crippen molar-refractivity contribution >= 4 is 17.7 Å². The van der Waals surface area contributed by atoms with E-state index in [0.717, 1.165) is 52.4 Å². The molecular formula is C39H64N2O2. The first-order chi connectivity index (χ1) is 20.4. The van der Waals surface area contributed by atoms with Crippen LogP contribution in [0, 0.1) is 12.8 Å². The number of phenolic OH excluding ortho intramolecular Hbond substituents is 1. The van der Waals surface area contributed by atoms with Crippen molar-refractivity contribution in [1.29, 1.82) is 0 Å². The molecule has 4 nitrogen and oxygen atoms in total. The highest BCUT2D eigenvalue weighted by molar-refractivity contribution is 5.88. The largest absolute Gasteiger partial charge is 0.507 e. The zero-order valence-electron chi connectivity index (χ0n) is 30.1. The van der Waals surface area contributed by atoms with Crippen molar-refractivity contribution in [3.8, 4) is 5.75 Å². The number of rotatable bonds is 8. The molecule has 0 bridgehead atoms. The molecule has 4 heteroatoms. The van der Waals surface area contributed by atoms with Crippen LogP contribution in [0.25, 0.3) is 5.57 Å². The number of amidine groups is 1. The molecule has 1 aromatic carbocycles. The van der Waals surface area contributed by atoms with Crippen LogP contribution in [0.2, 0.25) is 0 Å². The number of nitrogens with zero attached hydrogens (tertiary/aromatic N) is 1. The summed E-state index contributed by atoms with van der Waals surface area (Å²) in [7, 11) is 0. The van der Waals surface area contributed by atoms with Crippen LogP contribution in [0.3, 0.4) is 0 Å². The minimum absolute atomic E-state index is 0.302. The van der Waals surface area contributed by atoms with Crippen molar-refractivity contribution in [3.63, 3.8) is 0 Å². The molecule has 1 unspecified atom stereocenters. The predicted octanol–water partition coefficient (Wildman–Crippen LogP) is 11.8. The van der Waals surface area contributed by atoms with E-state index in [1.54, 1.807) is 6.07 Å². The van der Waals surface area contributed by atoms with E-state index >= 15 is 0 Å². The number of hydrogen-bond donors (Lipinski definition) is 2. The first-order valence-corrected chi connectivity index (χ1v) is 16.0. The molecule has 0 amide bonds.